The molecule has 0 amide bonds. The average molecular weight is 436 g/mol. The van der Waals surface area contributed by atoms with Crippen LogP contribution >= 0.6 is 23.6 Å². The molecule has 3 aromatic rings. The number of nitrogens with zero attached hydrogens (tertiary/aromatic N) is 5. The van der Waals surface area contributed by atoms with Crippen molar-refractivity contribution in [3.63, 3.8) is 0 Å². The van der Waals surface area contributed by atoms with Crippen LogP contribution in [0.15, 0.2) is 42.0 Å². The molecule has 0 radical (unpaired) electrons. The highest BCUT2D eigenvalue weighted by Gasteiger charge is 2.33. The lowest BCUT2D eigenvalue weighted by atomic mass is 10.2. The summed E-state index contributed by atoms with van der Waals surface area (Å²) in [7, 11) is -1.08. The van der Waals surface area contributed by atoms with Gasteiger partial charge in [0, 0.05) is 42.5 Å². The smallest absolute Gasteiger partial charge is 0.199 e. The monoisotopic (exact) mass is 435 g/mol. The van der Waals surface area contributed by atoms with Crippen molar-refractivity contribution in [1.82, 2.24) is 24.2 Å². The average Bonchev–Trinajstić information content (AvgIpc) is 3.38. The van der Waals surface area contributed by atoms with Crippen LogP contribution in [0.1, 0.15) is 11.3 Å². The van der Waals surface area contributed by atoms with E-state index in [0.29, 0.717) is 24.4 Å². The van der Waals surface area contributed by atoms with Crippen LogP contribution in [0, 0.1) is 4.77 Å². The number of hydrogen-bond donors (Lipinski definition) is 0. The van der Waals surface area contributed by atoms with E-state index in [-0.39, 0.29) is 17.5 Å². The lowest BCUT2D eigenvalue weighted by molar-refractivity contribution is 0.147. The maximum Gasteiger partial charge on any atom is 0.199 e. The fourth-order valence-electron chi connectivity index (χ4n) is 3.47. The molecule has 4 heterocycles. The van der Waals surface area contributed by atoms with E-state index in [2.05, 4.69) is 16.0 Å². The molecule has 0 aliphatic carbocycles. The van der Waals surface area contributed by atoms with E-state index in [1.807, 2.05) is 35.2 Å². The van der Waals surface area contributed by atoms with E-state index in [1.165, 1.54) is 4.88 Å². The molecule has 3 aromatic heterocycles. The topological polar surface area (TPSA) is 73.0 Å². The van der Waals surface area contributed by atoms with E-state index >= 15 is 0 Å². The maximum absolute atomic E-state index is 12.0. The molecular weight excluding hydrogens is 414 g/mol. The molecule has 0 aromatic carbocycles. The molecule has 1 fully saturated rings. The second-order valence-electron chi connectivity index (χ2n) is 6.93. The standard InChI is InChI=1S/C18H21N5O2S3/c1-21-17(14-4-7-19-8-5-14)20-23(18(21)26)13-22(11-16-3-2-9-27-16)15-6-10-28(24,25)12-15/h2-5,7-9,15H,6,10-13H2,1H3. The highest BCUT2D eigenvalue weighted by atomic mass is 32.2. The summed E-state index contributed by atoms with van der Waals surface area (Å²) in [4.78, 5) is 7.42. The molecule has 1 saturated heterocycles. The summed E-state index contributed by atoms with van der Waals surface area (Å²) < 4.78 is 28.3. The van der Waals surface area contributed by atoms with Crippen molar-refractivity contribution in [3.05, 3.63) is 51.7 Å². The van der Waals surface area contributed by atoms with Crippen molar-refractivity contribution >= 4 is 33.4 Å². The SMILES string of the molecule is Cn1c(-c2ccncc2)nn(CN(Cc2cccs2)C2CCS(=O)(=O)C2)c1=S. The van der Waals surface area contributed by atoms with Crippen LogP contribution in [0.25, 0.3) is 11.4 Å². The van der Waals surface area contributed by atoms with Gasteiger partial charge in [-0.2, -0.15) is 5.10 Å². The molecule has 0 saturated carbocycles. The third-order valence-corrected chi connectivity index (χ3v) is 8.05. The molecule has 1 atom stereocenters. The van der Waals surface area contributed by atoms with E-state index < -0.39 is 9.84 Å². The molecule has 10 heteroatoms. The predicted molar refractivity (Wildman–Crippen MR) is 112 cm³/mol. The highest BCUT2D eigenvalue weighted by Crippen LogP contribution is 2.23. The Morgan fingerprint density at radius 3 is 2.75 bits per heavy atom. The molecule has 1 unspecified atom stereocenters. The van der Waals surface area contributed by atoms with Crippen LogP contribution in [-0.2, 0) is 30.1 Å². The summed E-state index contributed by atoms with van der Waals surface area (Å²) in [5, 5.41) is 6.75. The van der Waals surface area contributed by atoms with Crippen LogP contribution in [0.4, 0.5) is 0 Å². The van der Waals surface area contributed by atoms with E-state index in [4.69, 9.17) is 17.3 Å². The van der Waals surface area contributed by atoms with Gasteiger partial charge >= 0.3 is 0 Å². The number of hydrogen-bond acceptors (Lipinski definition) is 7. The van der Waals surface area contributed by atoms with Gasteiger partial charge in [-0.05, 0) is 42.2 Å². The summed E-state index contributed by atoms with van der Waals surface area (Å²) in [6, 6.07) is 7.85. The molecule has 0 bridgehead atoms. The first kappa shape index (κ1) is 19.4. The summed E-state index contributed by atoms with van der Waals surface area (Å²) >= 11 is 7.28. The van der Waals surface area contributed by atoms with Gasteiger partial charge in [-0.1, -0.05) is 6.07 Å². The molecule has 148 valence electrons. The van der Waals surface area contributed by atoms with Crippen LogP contribution < -0.4 is 0 Å². The Kier molecular flexibility index (Phi) is 5.46. The molecular formula is C18H21N5O2S3. The quantitative estimate of drug-likeness (QED) is 0.555. The molecule has 0 N–H and O–H groups in total. The van der Waals surface area contributed by atoms with Gasteiger partial charge in [0.05, 0.1) is 18.2 Å². The Bertz CT molecular complexity index is 1100. The van der Waals surface area contributed by atoms with E-state index in [9.17, 15) is 8.42 Å². The number of aromatic nitrogens is 4. The van der Waals surface area contributed by atoms with Crippen LogP contribution in [-0.4, -0.2) is 50.2 Å². The molecule has 7 nitrogen and oxygen atoms in total. The number of thiophene rings is 1. The third kappa shape index (κ3) is 4.09. The summed E-state index contributed by atoms with van der Waals surface area (Å²) in [5.41, 5.74) is 0.940. The first-order valence-corrected chi connectivity index (χ1v) is 12.0. The van der Waals surface area contributed by atoms with Gasteiger partial charge < -0.3 is 4.57 Å². The van der Waals surface area contributed by atoms with Crippen molar-refractivity contribution in [3.8, 4) is 11.4 Å². The fraction of sp³-hybridized carbons (Fsp3) is 0.389. The Morgan fingerprint density at radius 1 is 1.32 bits per heavy atom. The van der Waals surface area contributed by atoms with Gasteiger partial charge in [-0.15, -0.1) is 11.3 Å². The summed E-state index contributed by atoms with van der Waals surface area (Å²) in [6.45, 7) is 1.14. The lowest BCUT2D eigenvalue weighted by Gasteiger charge is -2.27. The van der Waals surface area contributed by atoms with Crippen molar-refractivity contribution in [2.45, 2.75) is 25.7 Å². The minimum Gasteiger partial charge on any atom is -0.303 e. The van der Waals surface area contributed by atoms with Gasteiger partial charge in [0.15, 0.2) is 20.4 Å². The van der Waals surface area contributed by atoms with Gasteiger partial charge in [-0.25, -0.2) is 13.1 Å². The van der Waals surface area contributed by atoms with Gasteiger partial charge in [0.25, 0.3) is 0 Å². The third-order valence-electron chi connectivity index (χ3n) is 4.96. The van der Waals surface area contributed by atoms with Crippen molar-refractivity contribution < 1.29 is 8.42 Å². The second kappa shape index (κ2) is 7.86. The Hall–Kier alpha value is -1.88. The van der Waals surface area contributed by atoms with E-state index in [0.717, 1.165) is 11.4 Å². The predicted octanol–water partition coefficient (Wildman–Crippen LogP) is 2.72. The van der Waals surface area contributed by atoms with Crippen LogP contribution in [0.5, 0.6) is 0 Å². The number of rotatable bonds is 6. The zero-order valence-electron chi connectivity index (χ0n) is 15.4. The molecule has 0 spiro atoms. The van der Waals surface area contributed by atoms with Gasteiger partial charge in [0.1, 0.15) is 0 Å². The normalized spacial score (nSPS) is 18.7. The number of pyridine rings is 1. The zero-order valence-corrected chi connectivity index (χ0v) is 17.9. The largest absolute Gasteiger partial charge is 0.303 e. The first-order chi connectivity index (χ1) is 13.4. The van der Waals surface area contributed by atoms with Crippen LogP contribution in [0.2, 0.25) is 0 Å². The van der Waals surface area contributed by atoms with Gasteiger partial charge in [0.2, 0.25) is 0 Å². The molecule has 28 heavy (non-hydrogen) atoms. The summed E-state index contributed by atoms with van der Waals surface area (Å²) in [5.74, 6) is 1.20. The summed E-state index contributed by atoms with van der Waals surface area (Å²) in [6.07, 6.45) is 4.10. The Labute approximate surface area is 173 Å². The molecule has 1 aliphatic heterocycles. The minimum atomic E-state index is -2.97. The Balaban J connectivity index is 1.64. The Morgan fingerprint density at radius 2 is 2.11 bits per heavy atom. The minimum absolute atomic E-state index is 0.0274. The maximum atomic E-state index is 12.0. The lowest BCUT2D eigenvalue weighted by Crippen LogP contribution is -2.37. The molecule has 4 rings (SSSR count). The van der Waals surface area contributed by atoms with Gasteiger partial charge in [-0.3, -0.25) is 9.88 Å². The highest BCUT2D eigenvalue weighted by molar-refractivity contribution is 7.91. The second-order valence-corrected chi connectivity index (χ2v) is 10.6. The fourth-order valence-corrected chi connectivity index (χ4v) is 6.14. The zero-order chi connectivity index (χ0) is 19.7. The van der Waals surface area contributed by atoms with E-state index in [1.54, 1.807) is 28.4 Å². The first-order valence-electron chi connectivity index (χ1n) is 8.94. The van der Waals surface area contributed by atoms with Crippen molar-refractivity contribution in [1.29, 1.82) is 0 Å². The van der Waals surface area contributed by atoms with Crippen LogP contribution in [0.3, 0.4) is 0 Å². The number of sulfone groups is 1. The molecule has 1 aliphatic rings. The van der Waals surface area contributed by atoms with Crippen molar-refractivity contribution in [2.24, 2.45) is 7.05 Å². The van der Waals surface area contributed by atoms with Crippen molar-refractivity contribution in [2.75, 3.05) is 11.5 Å².